The maximum absolute atomic E-state index is 11.8. The number of nitrogens with one attached hydrogen (secondary N) is 1. The Morgan fingerprint density at radius 1 is 1.37 bits per heavy atom. The Labute approximate surface area is 119 Å². The van der Waals surface area contributed by atoms with E-state index >= 15 is 0 Å². The highest BCUT2D eigenvalue weighted by Crippen LogP contribution is 2.22. The molecule has 1 N–H and O–H groups in total. The van der Waals surface area contributed by atoms with Crippen molar-refractivity contribution in [1.82, 2.24) is 14.9 Å². The summed E-state index contributed by atoms with van der Waals surface area (Å²) in [6.45, 7) is 7.82. The van der Waals surface area contributed by atoms with Gasteiger partial charge in [-0.2, -0.15) is 0 Å². The molecule has 106 valence electrons. The van der Waals surface area contributed by atoms with Crippen molar-refractivity contribution in [1.29, 1.82) is 0 Å². The summed E-state index contributed by atoms with van der Waals surface area (Å²) in [7, 11) is 3.43. The molecule has 0 saturated heterocycles. The van der Waals surface area contributed by atoms with Crippen LogP contribution in [-0.4, -0.2) is 40.9 Å². The Bertz CT molecular complexity index is 468. The molecule has 0 aliphatic heterocycles. The van der Waals surface area contributed by atoms with Crippen LogP contribution in [0.1, 0.15) is 33.5 Å². The molecule has 6 heteroatoms. The lowest BCUT2D eigenvalue weighted by Crippen LogP contribution is -2.37. The summed E-state index contributed by atoms with van der Waals surface area (Å²) in [4.78, 5) is 22.0. The first-order valence-electron chi connectivity index (χ1n) is 6.14. The van der Waals surface area contributed by atoms with Gasteiger partial charge in [0.25, 0.3) is 0 Å². The maximum Gasteiger partial charge on any atom is 0.244 e. The third-order valence-electron chi connectivity index (χ3n) is 2.54. The molecule has 0 bridgehead atoms. The van der Waals surface area contributed by atoms with E-state index in [1.807, 2.05) is 20.8 Å². The van der Waals surface area contributed by atoms with E-state index < -0.39 is 0 Å². The van der Waals surface area contributed by atoms with Crippen molar-refractivity contribution in [3.63, 3.8) is 0 Å². The van der Waals surface area contributed by atoms with E-state index in [4.69, 9.17) is 11.6 Å². The summed E-state index contributed by atoms with van der Waals surface area (Å²) in [5.41, 5.74) is -0.198. The van der Waals surface area contributed by atoms with E-state index in [0.29, 0.717) is 16.8 Å². The number of carbonyl (C=O) groups is 1. The summed E-state index contributed by atoms with van der Waals surface area (Å²) >= 11 is 6.00. The van der Waals surface area contributed by atoms with Crippen LogP contribution in [0.3, 0.4) is 0 Å². The van der Waals surface area contributed by atoms with Crippen molar-refractivity contribution >= 4 is 23.3 Å². The third kappa shape index (κ3) is 4.35. The van der Waals surface area contributed by atoms with Gasteiger partial charge in [0.05, 0.1) is 0 Å². The molecule has 19 heavy (non-hydrogen) atoms. The van der Waals surface area contributed by atoms with Gasteiger partial charge in [0.2, 0.25) is 5.91 Å². The number of aromatic nitrogens is 2. The van der Waals surface area contributed by atoms with Gasteiger partial charge in [0, 0.05) is 25.6 Å². The van der Waals surface area contributed by atoms with Crippen LogP contribution >= 0.6 is 11.6 Å². The number of hydrogen-bond acceptors (Lipinski definition) is 4. The molecule has 1 rings (SSSR count). The first-order valence-corrected chi connectivity index (χ1v) is 6.52. The zero-order chi connectivity index (χ0) is 14.8. The van der Waals surface area contributed by atoms with Gasteiger partial charge in [-0.15, -0.1) is 0 Å². The number of rotatable bonds is 3. The molecule has 0 aliphatic rings. The zero-order valence-corrected chi connectivity index (χ0v) is 13.0. The Kier molecular flexibility index (Phi) is 4.74. The van der Waals surface area contributed by atoms with Crippen LogP contribution in [0.5, 0.6) is 0 Å². The van der Waals surface area contributed by atoms with Crippen LogP contribution in [0.2, 0.25) is 5.15 Å². The highest BCUT2D eigenvalue weighted by Gasteiger charge is 2.20. The largest absolute Gasteiger partial charge is 0.358 e. The molecular weight excluding hydrogens is 264 g/mol. The number of anilines is 1. The minimum absolute atomic E-state index is 0.0213. The Hall–Kier alpha value is -1.36. The summed E-state index contributed by atoms with van der Waals surface area (Å²) in [5.74, 6) is 1.19. The van der Waals surface area contributed by atoms with Crippen LogP contribution in [0.25, 0.3) is 0 Å². The summed E-state index contributed by atoms with van der Waals surface area (Å²) in [5, 5.41) is 3.42. The van der Waals surface area contributed by atoms with Crippen molar-refractivity contribution in [2.24, 2.45) is 0 Å². The molecule has 0 fully saturated rings. The van der Waals surface area contributed by atoms with E-state index in [2.05, 4.69) is 15.3 Å². The second kappa shape index (κ2) is 5.74. The van der Waals surface area contributed by atoms with Crippen molar-refractivity contribution < 1.29 is 4.79 Å². The first kappa shape index (κ1) is 15.7. The smallest absolute Gasteiger partial charge is 0.244 e. The molecule has 0 aliphatic carbocycles. The number of hydrogen-bond donors (Lipinski definition) is 1. The fourth-order valence-corrected chi connectivity index (χ4v) is 1.68. The first-order chi connectivity index (χ1) is 8.61. The van der Waals surface area contributed by atoms with Crippen LogP contribution in [0.15, 0.2) is 6.07 Å². The Morgan fingerprint density at radius 2 is 1.95 bits per heavy atom. The summed E-state index contributed by atoms with van der Waals surface area (Å²) < 4.78 is 0. The van der Waals surface area contributed by atoms with E-state index in [9.17, 15) is 4.79 Å². The van der Waals surface area contributed by atoms with E-state index in [-0.39, 0.29) is 17.4 Å². The lowest BCUT2D eigenvalue weighted by Gasteiger charge is -2.21. The van der Waals surface area contributed by atoms with Crippen LogP contribution in [-0.2, 0) is 10.2 Å². The molecule has 0 spiro atoms. The topological polar surface area (TPSA) is 58.1 Å². The lowest BCUT2D eigenvalue weighted by atomic mass is 9.96. The normalized spacial score (nSPS) is 13.0. The molecule has 1 unspecified atom stereocenters. The summed E-state index contributed by atoms with van der Waals surface area (Å²) in [6.07, 6.45) is 0. The molecular formula is C13H21ClN4O. The average molecular weight is 285 g/mol. The maximum atomic E-state index is 11.8. The fraction of sp³-hybridized carbons (Fsp3) is 0.615. The van der Waals surface area contributed by atoms with Crippen molar-refractivity contribution in [2.75, 3.05) is 19.4 Å². The molecule has 1 atom stereocenters. The SMILES string of the molecule is CC(Nc1cc(Cl)nc(C(C)(C)C)n1)C(=O)N(C)C. The zero-order valence-electron chi connectivity index (χ0n) is 12.3. The van der Waals surface area contributed by atoms with Gasteiger partial charge in [0.15, 0.2) is 0 Å². The predicted octanol–water partition coefficient (Wildman–Crippen LogP) is 2.32. The van der Waals surface area contributed by atoms with Gasteiger partial charge in [-0.05, 0) is 6.92 Å². The monoisotopic (exact) mass is 284 g/mol. The molecule has 1 heterocycles. The molecule has 0 aromatic carbocycles. The second-order valence-corrected chi connectivity index (χ2v) is 6.14. The highest BCUT2D eigenvalue weighted by molar-refractivity contribution is 6.29. The van der Waals surface area contributed by atoms with Crippen LogP contribution < -0.4 is 5.32 Å². The van der Waals surface area contributed by atoms with Gasteiger partial charge in [0.1, 0.15) is 22.8 Å². The summed E-state index contributed by atoms with van der Waals surface area (Å²) in [6, 6.07) is 1.25. The fourth-order valence-electron chi connectivity index (χ4n) is 1.50. The van der Waals surface area contributed by atoms with Gasteiger partial charge >= 0.3 is 0 Å². The van der Waals surface area contributed by atoms with E-state index in [1.54, 1.807) is 27.1 Å². The Morgan fingerprint density at radius 3 is 2.42 bits per heavy atom. The lowest BCUT2D eigenvalue weighted by molar-refractivity contribution is -0.129. The number of likely N-dealkylation sites (N-methyl/N-ethyl adjacent to an activating group) is 1. The minimum Gasteiger partial charge on any atom is -0.358 e. The second-order valence-electron chi connectivity index (χ2n) is 5.75. The standard InChI is InChI=1S/C13H21ClN4O/c1-8(11(19)18(5)6)15-10-7-9(14)16-12(17-10)13(2,3)4/h7-8H,1-6H3,(H,15,16,17). The molecule has 0 saturated carbocycles. The van der Waals surface area contributed by atoms with Gasteiger partial charge in [-0.25, -0.2) is 9.97 Å². The number of carbonyl (C=O) groups excluding carboxylic acids is 1. The van der Waals surface area contributed by atoms with E-state index in [0.717, 1.165) is 0 Å². The third-order valence-corrected chi connectivity index (χ3v) is 2.73. The highest BCUT2D eigenvalue weighted by atomic mass is 35.5. The average Bonchev–Trinajstić information content (AvgIpc) is 2.25. The quantitative estimate of drug-likeness (QED) is 0.866. The number of amides is 1. The predicted molar refractivity (Wildman–Crippen MR) is 77.5 cm³/mol. The van der Waals surface area contributed by atoms with Gasteiger partial charge < -0.3 is 10.2 Å². The van der Waals surface area contributed by atoms with E-state index in [1.165, 1.54) is 4.90 Å². The minimum atomic E-state index is -0.367. The molecule has 1 aromatic heterocycles. The Balaban J connectivity index is 2.96. The number of nitrogens with zero attached hydrogens (tertiary/aromatic N) is 3. The number of halogens is 1. The van der Waals surface area contributed by atoms with Crippen molar-refractivity contribution in [2.45, 2.75) is 39.2 Å². The van der Waals surface area contributed by atoms with Gasteiger partial charge in [-0.3, -0.25) is 4.79 Å². The van der Waals surface area contributed by atoms with Gasteiger partial charge in [-0.1, -0.05) is 32.4 Å². The van der Waals surface area contributed by atoms with Crippen molar-refractivity contribution in [3.8, 4) is 0 Å². The molecule has 1 aromatic rings. The molecule has 0 radical (unpaired) electrons. The molecule has 5 nitrogen and oxygen atoms in total. The van der Waals surface area contributed by atoms with Crippen molar-refractivity contribution in [3.05, 3.63) is 17.0 Å². The van der Waals surface area contributed by atoms with Crippen LogP contribution in [0, 0.1) is 0 Å². The molecule has 1 amide bonds. The van der Waals surface area contributed by atoms with Crippen LogP contribution in [0.4, 0.5) is 5.82 Å².